The van der Waals surface area contributed by atoms with Crippen LogP contribution in [-0.2, 0) is 6.18 Å². The molecule has 134 valence electrons. The average molecular weight is 368 g/mol. The average Bonchev–Trinajstić information content (AvgIpc) is 2.53. The third kappa shape index (κ3) is 5.94. The highest BCUT2D eigenvalue weighted by Gasteiger charge is 2.30. The molecule has 2 N–H and O–H groups in total. The van der Waals surface area contributed by atoms with Gasteiger partial charge in [-0.05, 0) is 55.9 Å². The van der Waals surface area contributed by atoms with E-state index in [1.165, 1.54) is 12.1 Å². The molecule has 0 heterocycles. The van der Waals surface area contributed by atoms with Crippen molar-refractivity contribution in [3.05, 3.63) is 59.7 Å². The van der Waals surface area contributed by atoms with E-state index in [0.29, 0.717) is 6.61 Å². The summed E-state index contributed by atoms with van der Waals surface area (Å²) < 4.78 is 43.9. The standard InChI is InChI=1S/C18H19F3N2OS/c1-12-6-3-4-9-16(12)24-11-13(2)22-17(25)23-15-8-5-7-14(10-15)18(19,20)21/h3-10,13H,11H2,1-2H3,(H2,22,23,25). The first-order chi connectivity index (χ1) is 11.8. The van der Waals surface area contributed by atoms with Gasteiger partial charge in [0.05, 0.1) is 11.6 Å². The maximum absolute atomic E-state index is 12.7. The van der Waals surface area contributed by atoms with Crippen LogP contribution in [0.5, 0.6) is 5.75 Å². The van der Waals surface area contributed by atoms with Crippen LogP contribution in [0.4, 0.5) is 18.9 Å². The number of thiocarbonyl (C=S) groups is 1. The van der Waals surface area contributed by atoms with Crippen LogP contribution in [0.3, 0.4) is 0 Å². The van der Waals surface area contributed by atoms with Crippen molar-refractivity contribution in [3.63, 3.8) is 0 Å². The van der Waals surface area contributed by atoms with Crippen molar-refractivity contribution in [2.24, 2.45) is 0 Å². The minimum absolute atomic E-state index is 0.120. The summed E-state index contributed by atoms with van der Waals surface area (Å²) in [4.78, 5) is 0. The number of nitrogens with one attached hydrogen (secondary N) is 2. The van der Waals surface area contributed by atoms with Gasteiger partial charge in [0, 0.05) is 5.69 Å². The summed E-state index contributed by atoms with van der Waals surface area (Å²) in [5, 5.41) is 5.99. The monoisotopic (exact) mass is 368 g/mol. The quantitative estimate of drug-likeness (QED) is 0.745. The molecule has 2 rings (SSSR count). The molecule has 0 aliphatic rings. The van der Waals surface area contributed by atoms with E-state index in [1.807, 2.05) is 38.1 Å². The normalized spacial score (nSPS) is 12.4. The van der Waals surface area contributed by atoms with Crippen LogP contribution in [0.2, 0.25) is 0 Å². The lowest BCUT2D eigenvalue weighted by atomic mass is 10.2. The number of halogens is 3. The molecule has 0 aromatic heterocycles. The Labute approximate surface area is 150 Å². The molecule has 0 radical (unpaired) electrons. The molecule has 0 amide bonds. The summed E-state index contributed by atoms with van der Waals surface area (Å²) in [6.07, 6.45) is -4.39. The zero-order valence-corrected chi connectivity index (χ0v) is 14.7. The Morgan fingerprint density at radius 3 is 2.56 bits per heavy atom. The van der Waals surface area contributed by atoms with Crippen molar-refractivity contribution in [1.29, 1.82) is 0 Å². The van der Waals surface area contributed by atoms with Crippen molar-refractivity contribution < 1.29 is 17.9 Å². The van der Waals surface area contributed by atoms with Crippen LogP contribution in [0.25, 0.3) is 0 Å². The molecule has 0 aliphatic heterocycles. The van der Waals surface area contributed by atoms with E-state index in [4.69, 9.17) is 17.0 Å². The van der Waals surface area contributed by atoms with Crippen molar-refractivity contribution in [1.82, 2.24) is 5.32 Å². The van der Waals surface area contributed by atoms with E-state index in [0.717, 1.165) is 23.4 Å². The van der Waals surface area contributed by atoms with Crippen LogP contribution in [-0.4, -0.2) is 17.8 Å². The number of para-hydroxylation sites is 1. The van der Waals surface area contributed by atoms with Crippen molar-refractivity contribution in [2.75, 3.05) is 11.9 Å². The first-order valence-electron chi connectivity index (χ1n) is 7.69. The Morgan fingerprint density at radius 2 is 1.88 bits per heavy atom. The van der Waals surface area contributed by atoms with Crippen molar-refractivity contribution in [2.45, 2.75) is 26.1 Å². The Hall–Kier alpha value is -2.28. The molecular weight excluding hydrogens is 349 g/mol. The number of hydrogen-bond donors (Lipinski definition) is 2. The molecule has 7 heteroatoms. The van der Waals surface area contributed by atoms with Gasteiger partial charge in [0.1, 0.15) is 12.4 Å². The summed E-state index contributed by atoms with van der Waals surface area (Å²) in [7, 11) is 0. The molecule has 2 aromatic carbocycles. The van der Waals surface area contributed by atoms with Crippen LogP contribution >= 0.6 is 12.2 Å². The minimum atomic E-state index is -4.39. The fourth-order valence-electron chi connectivity index (χ4n) is 2.14. The molecule has 25 heavy (non-hydrogen) atoms. The Morgan fingerprint density at radius 1 is 1.16 bits per heavy atom. The van der Waals surface area contributed by atoms with E-state index < -0.39 is 11.7 Å². The summed E-state index contributed by atoms with van der Waals surface area (Å²) in [5.41, 5.74) is 0.579. The molecular formula is C18H19F3N2OS. The Kier molecular flexibility index (Phi) is 6.25. The van der Waals surface area contributed by atoms with Gasteiger partial charge in [-0.2, -0.15) is 13.2 Å². The SMILES string of the molecule is Cc1ccccc1OCC(C)NC(=S)Nc1cccc(C(F)(F)F)c1. The highest BCUT2D eigenvalue weighted by atomic mass is 32.1. The van der Waals surface area contributed by atoms with Crippen LogP contribution in [0.1, 0.15) is 18.1 Å². The topological polar surface area (TPSA) is 33.3 Å². The molecule has 0 aliphatic carbocycles. The Bertz CT molecular complexity index is 734. The molecule has 0 saturated heterocycles. The van der Waals surface area contributed by atoms with Gasteiger partial charge in [-0.3, -0.25) is 0 Å². The third-order valence-corrected chi connectivity index (χ3v) is 3.63. The minimum Gasteiger partial charge on any atom is -0.491 e. The summed E-state index contributed by atoms with van der Waals surface area (Å²) >= 11 is 5.15. The van der Waals surface area contributed by atoms with Crippen molar-refractivity contribution in [3.8, 4) is 5.75 Å². The van der Waals surface area contributed by atoms with E-state index >= 15 is 0 Å². The van der Waals surface area contributed by atoms with E-state index in [9.17, 15) is 13.2 Å². The maximum atomic E-state index is 12.7. The zero-order chi connectivity index (χ0) is 18.4. The number of hydrogen-bond acceptors (Lipinski definition) is 2. The van der Waals surface area contributed by atoms with Crippen molar-refractivity contribution >= 4 is 23.0 Å². The van der Waals surface area contributed by atoms with Gasteiger partial charge < -0.3 is 15.4 Å². The molecule has 1 atom stereocenters. The largest absolute Gasteiger partial charge is 0.491 e. The fourth-order valence-corrected chi connectivity index (χ4v) is 2.46. The number of aryl methyl sites for hydroxylation is 1. The molecule has 0 fully saturated rings. The lowest BCUT2D eigenvalue weighted by Gasteiger charge is -2.18. The summed E-state index contributed by atoms with van der Waals surface area (Å²) in [6, 6.07) is 12.4. The van der Waals surface area contributed by atoms with Gasteiger partial charge in [0.2, 0.25) is 0 Å². The van der Waals surface area contributed by atoms with E-state index in [1.54, 1.807) is 0 Å². The summed E-state index contributed by atoms with van der Waals surface area (Å²) in [5.74, 6) is 0.785. The molecule has 0 bridgehead atoms. The number of rotatable bonds is 5. The lowest BCUT2D eigenvalue weighted by molar-refractivity contribution is -0.137. The molecule has 3 nitrogen and oxygen atoms in total. The van der Waals surface area contributed by atoms with Gasteiger partial charge in [0.15, 0.2) is 5.11 Å². The van der Waals surface area contributed by atoms with Crippen LogP contribution < -0.4 is 15.4 Å². The second-order valence-electron chi connectivity index (χ2n) is 5.65. The van der Waals surface area contributed by atoms with Gasteiger partial charge in [0.25, 0.3) is 0 Å². The second kappa shape index (κ2) is 8.20. The first kappa shape index (κ1) is 19.1. The predicted octanol–water partition coefficient (Wildman–Crippen LogP) is 4.77. The third-order valence-electron chi connectivity index (χ3n) is 3.41. The molecule has 0 saturated carbocycles. The van der Waals surface area contributed by atoms with Crippen LogP contribution in [0, 0.1) is 6.92 Å². The van der Waals surface area contributed by atoms with Gasteiger partial charge in [-0.1, -0.05) is 24.3 Å². The zero-order valence-electron chi connectivity index (χ0n) is 13.9. The van der Waals surface area contributed by atoms with Crippen LogP contribution in [0.15, 0.2) is 48.5 Å². The Balaban J connectivity index is 1.86. The van der Waals surface area contributed by atoms with Gasteiger partial charge in [-0.25, -0.2) is 0 Å². The number of ether oxygens (including phenoxy) is 1. The number of benzene rings is 2. The molecule has 0 spiro atoms. The summed E-state index contributed by atoms with van der Waals surface area (Å²) in [6.45, 7) is 4.20. The molecule has 2 aromatic rings. The maximum Gasteiger partial charge on any atom is 0.416 e. The number of alkyl halides is 3. The van der Waals surface area contributed by atoms with Gasteiger partial charge in [-0.15, -0.1) is 0 Å². The highest BCUT2D eigenvalue weighted by molar-refractivity contribution is 7.80. The molecule has 1 unspecified atom stereocenters. The lowest BCUT2D eigenvalue weighted by Crippen LogP contribution is -2.39. The number of anilines is 1. The van der Waals surface area contributed by atoms with E-state index in [-0.39, 0.29) is 16.8 Å². The smallest absolute Gasteiger partial charge is 0.416 e. The first-order valence-corrected chi connectivity index (χ1v) is 8.10. The second-order valence-corrected chi connectivity index (χ2v) is 6.06. The highest BCUT2D eigenvalue weighted by Crippen LogP contribution is 2.30. The van der Waals surface area contributed by atoms with E-state index in [2.05, 4.69) is 10.6 Å². The predicted molar refractivity (Wildman–Crippen MR) is 96.9 cm³/mol. The fraction of sp³-hybridized carbons (Fsp3) is 0.278. The van der Waals surface area contributed by atoms with Gasteiger partial charge >= 0.3 is 6.18 Å².